The van der Waals surface area contributed by atoms with E-state index in [0.29, 0.717) is 23.9 Å². The lowest BCUT2D eigenvalue weighted by molar-refractivity contribution is -0.123. The van der Waals surface area contributed by atoms with Crippen LogP contribution in [0.3, 0.4) is 0 Å². The molecule has 0 bridgehead atoms. The Morgan fingerprint density at radius 3 is 2.78 bits per heavy atom. The number of nitrogens with two attached hydrogens (primary N) is 2. The van der Waals surface area contributed by atoms with Gasteiger partial charge in [-0.2, -0.15) is 0 Å². The van der Waals surface area contributed by atoms with E-state index in [2.05, 4.69) is 16.0 Å². The minimum absolute atomic E-state index is 0.423. The zero-order valence-electron chi connectivity index (χ0n) is 14.7. The third-order valence-electron chi connectivity index (χ3n) is 4.43. The first-order chi connectivity index (χ1) is 13.0. The number of anilines is 1. The van der Waals surface area contributed by atoms with E-state index in [-0.39, 0.29) is 0 Å². The van der Waals surface area contributed by atoms with Gasteiger partial charge >= 0.3 is 0 Å². The molecule has 3 aromatic rings. The zero-order valence-corrected chi connectivity index (χ0v) is 14.7. The van der Waals surface area contributed by atoms with Crippen LogP contribution in [0.25, 0.3) is 22.4 Å². The molecule has 4 N–H and O–H groups in total. The average molecular weight is 362 g/mol. The molecule has 1 amide bonds. The second kappa shape index (κ2) is 6.60. The Labute approximate surface area is 156 Å². The fourth-order valence-corrected chi connectivity index (χ4v) is 2.98. The molecule has 0 unspecified atom stereocenters. The Morgan fingerprint density at radius 2 is 2.00 bits per heavy atom. The fraction of sp³-hybridized carbons (Fsp3) is 0.150. The van der Waals surface area contributed by atoms with Crippen molar-refractivity contribution in [3.63, 3.8) is 0 Å². The van der Waals surface area contributed by atoms with Crippen molar-refractivity contribution in [2.24, 2.45) is 5.73 Å². The van der Waals surface area contributed by atoms with E-state index >= 15 is 0 Å². The summed E-state index contributed by atoms with van der Waals surface area (Å²) in [5, 5.41) is 0. The summed E-state index contributed by atoms with van der Waals surface area (Å²) in [5.74, 6) is 1.12. The number of hydrogen-bond acceptors (Lipinski definition) is 6. The van der Waals surface area contributed by atoms with Crippen molar-refractivity contribution in [2.45, 2.75) is 19.6 Å². The molecule has 0 spiro atoms. The number of amides is 1. The Balaban J connectivity index is 1.71. The molecule has 1 aliphatic rings. The summed E-state index contributed by atoms with van der Waals surface area (Å²) in [6.07, 6.45) is 0.735. The molecule has 4 rings (SSSR count). The van der Waals surface area contributed by atoms with Crippen LogP contribution < -0.4 is 20.9 Å². The molecule has 0 aliphatic carbocycles. The molecule has 0 fully saturated rings. The third-order valence-corrected chi connectivity index (χ3v) is 4.43. The summed E-state index contributed by atoms with van der Waals surface area (Å²) in [5.41, 5.74) is 15.8. The van der Waals surface area contributed by atoms with Gasteiger partial charge in [0.25, 0.3) is 5.91 Å². The highest BCUT2D eigenvalue weighted by Gasteiger charge is 2.20. The molecule has 1 aromatic heterocycles. The van der Waals surface area contributed by atoms with E-state index < -0.39 is 12.0 Å². The van der Waals surface area contributed by atoms with Crippen molar-refractivity contribution in [3.05, 3.63) is 54.4 Å². The van der Waals surface area contributed by atoms with E-state index in [9.17, 15) is 4.79 Å². The summed E-state index contributed by atoms with van der Waals surface area (Å²) in [6.45, 7) is 2.06. The second-order valence-electron chi connectivity index (χ2n) is 6.31. The molecule has 7 nitrogen and oxygen atoms in total. The number of nitrogen functional groups attached to an aromatic ring is 1. The highest BCUT2D eigenvalue weighted by atomic mass is 16.5. The van der Waals surface area contributed by atoms with Crippen molar-refractivity contribution < 1.29 is 14.3 Å². The monoisotopic (exact) mass is 362 g/mol. The van der Waals surface area contributed by atoms with Gasteiger partial charge in [0.2, 0.25) is 0 Å². The van der Waals surface area contributed by atoms with Crippen LogP contribution in [0.2, 0.25) is 0 Å². The minimum Gasteiger partial charge on any atom is -0.488 e. The van der Waals surface area contributed by atoms with Crippen molar-refractivity contribution in [1.29, 1.82) is 0 Å². The van der Waals surface area contributed by atoms with Crippen LogP contribution >= 0.6 is 0 Å². The van der Waals surface area contributed by atoms with Crippen LogP contribution in [-0.2, 0) is 11.4 Å². The van der Waals surface area contributed by atoms with Crippen molar-refractivity contribution in [2.75, 3.05) is 5.73 Å². The smallest absolute Gasteiger partial charge is 0.258 e. The minimum atomic E-state index is -0.714. The van der Waals surface area contributed by atoms with Crippen LogP contribution in [0.5, 0.6) is 11.5 Å². The Kier molecular flexibility index (Phi) is 4.12. The molecule has 7 heteroatoms. The fourth-order valence-electron chi connectivity index (χ4n) is 2.98. The predicted molar refractivity (Wildman–Crippen MR) is 101 cm³/mol. The topological polar surface area (TPSA) is 113 Å². The quantitative estimate of drug-likeness (QED) is 0.737. The molecule has 2 heterocycles. The number of benzene rings is 2. The lowest BCUT2D eigenvalue weighted by Crippen LogP contribution is -2.30. The van der Waals surface area contributed by atoms with Gasteiger partial charge in [0.1, 0.15) is 30.3 Å². The molecule has 1 atom stereocenters. The van der Waals surface area contributed by atoms with Gasteiger partial charge < -0.3 is 20.9 Å². The normalized spacial score (nSPS) is 13.1. The number of rotatable bonds is 4. The number of nitrogens with zero attached hydrogens (tertiary/aromatic N) is 2. The standard InChI is InChI=1S/C20H18N4O3/c1-11(20(22)25)27-14-4-5-15-16-6-12(17-8-19(21)24-10-23-17)2-3-13(16)9-26-18(15)7-14/h2-8,10-11H,9H2,1H3,(H2,22,25)(H2,21,23,24)/t11-/m0/s1. The van der Waals surface area contributed by atoms with Gasteiger partial charge in [-0.3, -0.25) is 4.79 Å². The van der Waals surface area contributed by atoms with Gasteiger partial charge in [-0.05, 0) is 36.2 Å². The third kappa shape index (κ3) is 3.27. The first-order valence-corrected chi connectivity index (χ1v) is 8.45. The number of ether oxygens (including phenoxy) is 2. The summed E-state index contributed by atoms with van der Waals surface area (Å²) in [4.78, 5) is 19.4. The number of aromatic nitrogens is 2. The van der Waals surface area contributed by atoms with E-state index in [1.807, 2.05) is 18.2 Å². The number of carbonyl (C=O) groups is 1. The molecule has 27 heavy (non-hydrogen) atoms. The Morgan fingerprint density at radius 1 is 1.15 bits per heavy atom. The molecule has 136 valence electrons. The predicted octanol–water partition coefficient (Wildman–Crippen LogP) is 2.54. The molecule has 0 saturated heterocycles. The number of fused-ring (bicyclic) bond motifs is 3. The SMILES string of the molecule is C[C@H](Oc1ccc2c(c1)OCc1ccc(-c3cc(N)ncn3)cc1-2)C(N)=O. The van der Waals surface area contributed by atoms with E-state index in [1.54, 1.807) is 25.1 Å². The van der Waals surface area contributed by atoms with E-state index in [1.165, 1.54) is 6.33 Å². The number of carbonyl (C=O) groups excluding carboxylic acids is 1. The number of primary amides is 1. The van der Waals surface area contributed by atoms with Crippen molar-refractivity contribution in [1.82, 2.24) is 9.97 Å². The molecular weight excluding hydrogens is 344 g/mol. The maximum atomic E-state index is 11.2. The van der Waals surface area contributed by atoms with Gasteiger partial charge in [-0.1, -0.05) is 12.1 Å². The van der Waals surface area contributed by atoms with Crippen LogP contribution in [0.15, 0.2) is 48.8 Å². The van der Waals surface area contributed by atoms with Crippen molar-refractivity contribution in [3.8, 4) is 33.9 Å². The van der Waals surface area contributed by atoms with Gasteiger partial charge in [0.05, 0.1) is 5.69 Å². The van der Waals surface area contributed by atoms with Crippen LogP contribution in [0, 0.1) is 0 Å². The van der Waals surface area contributed by atoms with Gasteiger partial charge in [0, 0.05) is 23.3 Å². The summed E-state index contributed by atoms with van der Waals surface area (Å²) in [7, 11) is 0. The number of hydrogen-bond donors (Lipinski definition) is 2. The summed E-state index contributed by atoms with van der Waals surface area (Å²) in [6, 6.07) is 13.3. The highest BCUT2D eigenvalue weighted by Crippen LogP contribution is 2.41. The molecule has 2 aromatic carbocycles. The Hall–Kier alpha value is -3.61. The van der Waals surface area contributed by atoms with Gasteiger partial charge in [-0.15, -0.1) is 0 Å². The maximum Gasteiger partial charge on any atom is 0.258 e. The van der Waals surface area contributed by atoms with E-state index in [0.717, 1.165) is 27.9 Å². The molecule has 1 aliphatic heterocycles. The van der Waals surface area contributed by atoms with Crippen LogP contribution in [0.1, 0.15) is 12.5 Å². The molecule has 0 radical (unpaired) electrons. The Bertz CT molecular complexity index is 1040. The lowest BCUT2D eigenvalue weighted by Gasteiger charge is -2.22. The van der Waals surface area contributed by atoms with E-state index in [4.69, 9.17) is 20.9 Å². The first kappa shape index (κ1) is 16.8. The summed E-state index contributed by atoms with van der Waals surface area (Å²) < 4.78 is 11.4. The molecule has 0 saturated carbocycles. The van der Waals surface area contributed by atoms with Gasteiger partial charge in [0.15, 0.2) is 6.10 Å². The zero-order chi connectivity index (χ0) is 19.0. The van der Waals surface area contributed by atoms with Crippen molar-refractivity contribution >= 4 is 11.7 Å². The summed E-state index contributed by atoms with van der Waals surface area (Å²) >= 11 is 0. The van der Waals surface area contributed by atoms with Crippen LogP contribution in [0.4, 0.5) is 5.82 Å². The average Bonchev–Trinajstić information content (AvgIpc) is 2.67. The second-order valence-corrected chi connectivity index (χ2v) is 6.31. The maximum absolute atomic E-state index is 11.2. The lowest BCUT2D eigenvalue weighted by atomic mass is 9.94. The highest BCUT2D eigenvalue weighted by molar-refractivity contribution is 5.81. The van der Waals surface area contributed by atoms with Crippen LogP contribution in [-0.4, -0.2) is 22.0 Å². The van der Waals surface area contributed by atoms with Gasteiger partial charge in [-0.25, -0.2) is 9.97 Å². The largest absolute Gasteiger partial charge is 0.488 e. The molecular formula is C20H18N4O3. The first-order valence-electron chi connectivity index (χ1n) is 8.45.